The monoisotopic (exact) mass is 223 g/mol. The van der Waals surface area contributed by atoms with E-state index in [4.69, 9.17) is 4.74 Å². The van der Waals surface area contributed by atoms with Crippen LogP contribution in [0.2, 0.25) is 0 Å². The van der Waals surface area contributed by atoms with Crippen molar-refractivity contribution in [2.24, 2.45) is 0 Å². The van der Waals surface area contributed by atoms with Gasteiger partial charge in [0.05, 0.1) is 0 Å². The number of aryl methyl sites for hydroxylation is 1. The molecule has 0 amide bonds. The number of nitrogens with zero attached hydrogens (tertiary/aromatic N) is 3. The summed E-state index contributed by atoms with van der Waals surface area (Å²) in [6.07, 6.45) is 1.10. The first-order valence-electron chi connectivity index (χ1n) is 5.64. The maximum Gasteiger partial charge on any atom is 0.156 e. The van der Waals surface area contributed by atoms with E-state index in [1.54, 1.807) is 7.11 Å². The molecule has 0 saturated heterocycles. The largest absolute Gasteiger partial charge is 0.377 e. The van der Waals surface area contributed by atoms with E-state index in [-0.39, 0.29) is 0 Å². The minimum atomic E-state index is 0.461. The molecule has 0 unspecified atom stereocenters. The summed E-state index contributed by atoms with van der Waals surface area (Å²) in [4.78, 5) is 11.0. The van der Waals surface area contributed by atoms with Gasteiger partial charge in [-0.15, -0.1) is 0 Å². The van der Waals surface area contributed by atoms with Crippen LogP contribution >= 0.6 is 0 Å². The molecular weight excluding hydrogens is 202 g/mol. The fourth-order valence-corrected chi connectivity index (χ4v) is 1.49. The molecule has 0 radical (unpaired) electrons. The van der Waals surface area contributed by atoms with Crippen LogP contribution in [-0.4, -0.2) is 30.2 Å². The van der Waals surface area contributed by atoms with Gasteiger partial charge in [0, 0.05) is 32.0 Å². The summed E-state index contributed by atoms with van der Waals surface area (Å²) in [6, 6.07) is 2.48. The van der Waals surface area contributed by atoms with Gasteiger partial charge >= 0.3 is 0 Å². The zero-order chi connectivity index (χ0) is 12.1. The number of hydrogen-bond acceptors (Lipinski definition) is 4. The fourth-order valence-electron chi connectivity index (χ4n) is 1.49. The standard InChI is InChI=1S/C12H21N3O/c1-6-10(3)15(4)12-7-9(2)13-11(14-12)8-16-5/h7,10H,6,8H2,1-5H3/t10-/m1/s1. The summed E-state index contributed by atoms with van der Waals surface area (Å²) in [6.45, 7) is 6.80. The van der Waals surface area contributed by atoms with E-state index in [1.807, 2.05) is 13.0 Å². The van der Waals surface area contributed by atoms with Gasteiger partial charge in [0.25, 0.3) is 0 Å². The van der Waals surface area contributed by atoms with Gasteiger partial charge in [-0.25, -0.2) is 9.97 Å². The minimum Gasteiger partial charge on any atom is -0.377 e. The molecule has 0 N–H and O–H groups in total. The first-order chi connectivity index (χ1) is 7.58. The second-order valence-corrected chi connectivity index (χ2v) is 4.08. The highest BCUT2D eigenvalue weighted by molar-refractivity contribution is 5.39. The maximum atomic E-state index is 5.06. The zero-order valence-electron chi connectivity index (χ0n) is 10.8. The van der Waals surface area contributed by atoms with E-state index in [0.29, 0.717) is 12.6 Å². The van der Waals surface area contributed by atoms with Crippen LogP contribution in [0, 0.1) is 6.92 Å². The molecule has 0 aromatic carbocycles. The molecule has 1 heterocycles. The van der Waals surface area contributed by atoms with Crippen LogP contribution < -0.4 is 4.90 Å². The van der Waals surface area contributed by atoms with Crippen LogP contribution in [0.15, 0.2) is 6.07 Å². The molecule has 0 saturated carbocycles. The molecular formula is C12H21N3O. The molecule has 1 rings (SSSR count). The van der Waals surface area contributed by atoms with Crippen molar-refractivity contribution in [1.82, 2.24) is 9.97 Å². The number of methoxy groups -OCH3 is 1. The Bertz CT molecular complexity index is 341. The topological polar surface area (TPSA) is 38.2 Å². The van der Waals surface area contributed by atoms with E-state index in [2.05, 4.69) is 35.8 Å². The molecule has 0 aliphatic rings. The van der Waals surface area contributed by atoms with Crippen LogP contribution in [0.5, 0.6) is 0 Å². The third-order valence-corrected chi connectivity index (χ3v) is 2.77. The molecule has 0 aliphatic heterocycles. The van der Waals surface area contributed by atoms with Crippen molar-refractivity contribution >= 4 is 5.82 Å². The van der Waals surface area contributed by atoms with E-state index in [0.717, 1.165) is 23.8 Å². The molecule has 4 heteroatoms. The highest BCUT2D eigenvalue weighted by Gasteiger charge is 2.11. The summed E-state index contributed by atoms with van der Waals surface area (Å²) < 4.78 is 5.06. The number of anilines is 1. The summed E-state index contributed by atoms with van der Waals surface area (Å²) >= 11 is 0. The quantitative estimate of drug-likeness (QED) is 0.766. The van der Waals surface area contributed by atoms with E-state index < -0.39 is 0 Å². The Hall–Kier alpha value is -1.16. The Labute approximate surface area is 97.7 Å². The van der Waals surface area contributed by atoms with Gasteiger partial charge in [0.1, 0.15) is 12.4 Å². The van der Waals surface area contributed by atoms with Crippen LogP contribution in [0.1, 0.15) is 31.8 Å². The number of rotatable bonds is 5. The Balaban J connectivity index is 2.94. The molecule has 0 spiro atoms. The summed E-state index contributed by atoms with van der Waals surface area (Å²) in [5.41, 5.74) is 0.979. The van der Waals surface area contributed by atoms with Crippen LogP contribution in [0.3, 0.4) is 0 Å². The van der Waals surface area contributed by atoms with Gasteiger partial charge in [-0.05, 0) is 20.3 Å². The van der Waals surface area contributed by atoms with Crippen molar-refractivity contribution in [3.8, 4) is 0 Å². The number of aromatic nitrogens is 2. The van der Waals surface area contributed by atoms with Gasteiger partial charge in [-0.3, -0.25) is 0 Å². The highest BCUT2D eigenvalue weighted by atomic mass is 16.5. The maximum absolute atomic E-state index is 5.06. The molecule has 0 aliphatic carbocycles. The lowest BCUT2D eigenvalue weighted by atomic mass is 10.2. The molecule has 4 nitrogen and oxygen atoms in total. The predicted molar refractivity (Wildman–Crippen MR) is 65.6 cm³/mol. The normalized spacial score (nSPS) is 12.6. The lowest BCUT2D eigenvalue weighted by Crippen LogP contribution is -2.29. The molecule has 90 valence electrons. The summed E-state index contributed by atoms with van der Waals surface area (Å²) in [5.74, 6) is 1.71. The zero-order valence-corrected chi connectivity index (χ0v) is 10.8. The Morgan fingerprint density at radius 1 is 1.44 bits per heavy atom. The Morgan fingerprint density at radius 2 is 2.12 bits per heavy atom. The molecule has 1 aromatic rings. The van der Waals surface area contributed by atoms with Crippen LogP contribution in [0.25, 0.3) is 0 Å². The minimum absolute atomic E-state index is 0.461. The SMILES string of the molecule is CC[C@@H](C)N(C)c1cc(C)nc(COC)n1. The molecule has 16 heavy (non-hydrogen) atoms. The number of hydrogen-bond donors (Lipinski definition) is 0. The van der Waals surface area contributed by atoms with E-state index in [1.165, 1.54) is 0 Å². The molecule has 0 fully saturated rings. The van der Waals surface area contributed by atoms with Gasteiger partial charge in [-0.1, -0.05) is 6.92 Å². The molecule has 0 bridgehead atoms. The number of ether oxygens (including phenoxy) is 1. The van der Waals surface area contributed by atoms with Gasteiger partial charge in [-0.2, -0.15) is 0 Å². The Morgan fingerprint density at radius 3 is 2.69 bits per heavy atom. The van der Waals surface area contributed by atoms with Crippen molar-refractivity contribution in [1.29, 1.82) is 0 Å². The van der Waals surface area contributed by atoms with Crippen molar-refractivity contribution in [3.05, 3.63) is 17.6 Å². The lowest BCUT2D eigenvalue weighted by Gasteiger charge is -2.25. The van der Waals surface area contributed by atoms with E-state index >= 15 is 0 Å². The van der Waals surface area contributed by atoms with Crippen LogP contribution in [-0.2, 0) is 11.3 Å². The third-order valence-electron chi connectivity index (χ3n) is 2.77. The first kappa shape index (κ1) is 12.9. The average Bonchev–Trinajstić information content (AvgIpc) is 2.26. The van der Waals surface area contributed by atoms with Gasteiger partial charge in [0.2, 0.25) is 0 Å². The van der Waals surface area contributed by atoms with Gasteiger partial charge in [0.15, 0.2) is 5.82 Å². The van der Waals surface area contributed by atoms with Crippen molar-refractivity contribution < 1.29 is 4.74 Å². The fraction of sp³-hybridized carbons (Fsp3) is 0.667. The van der Waals surface area contributed by atoms with E-state index in [9.17, 15) is 0 Å². The molecule has 1 atom stereocenters. The van der Waals surface area contributed by atoms with Gasteiger partial charge < -0.3 is 9.64 Å². The smallest absolute Gasteiger partial charge is 0.156 e. The average molecular weight is 223 g/mol. The second-order valence-electron chi connectivity index (χ2n) is 4.08. The van der Waals surface area contributed by atoms with Crippen molar-refractivity contribution in [3.63, 3.8) is 0 Å². The van der Waals surface area contributed by atoms with Crippen LogP contribution in [0.4, 0.5) is 5.82 Å². The summed E-state index contributed by atoms with van der Waals surface area (Å²) in [7, 11) is 3.72. The Kier molecular flexibility index (Phi) is 4.68. The first-order valence-corrected chi connectivity index (χ1v) is 5.64. The highest BCUT2D eigenvalue weighted by Crippen LogP contribution is 2.15. The van der Waals surface area contributed by atoms with Crippen molar-refractivity contribution in [2.45, 2.75) is 39.8 Å². The second kappa shape index (κ2) is 5.80. The lowest BCUT2D eigenvalue weighted by molar-refractivity contribution is 0.177. The summed E-state index contributed by atoms with van der Waals surface area (Å²) in [5, 5.41) is 0. The predicted octanol–water partition coefficient (Wildman–Crippen LogP) is 2.17. The van der Waals surface area contributed by atoms with Crippen molar-refractivity contribution in [2.75, 3.05) is 19.1 Å². The third kappa shape index (κ3) is 3.17. The molecule has 1 aromatic heterocycles.